The Labute approximate surface area is 129 Å². The van der Waals surface area contributed by atoms with Crippen LogP contribution in [0, 0.1) is 5.82 Å². The van der Waals surface area contributed by atoms with E-state index in [2.05, 4.69) is 15.9 Å². The topological polar surface area (TPSA) is 55.8 Å². The molecule has 21 heavy (non-hydrogen) atoms. The molecule has 0 aromatic heterocycles. The number of halogens is 2. The van der Waals surface area contributed by atoms with Crippen LogP contribution >= 0.6 is 15.9 Å². The van der Waals surface area contributed by atoms with Crippen LogP contribution in [0.5, 0.6) is 11.5 Å². The largest absolute Gasteiger partial charge is 0.490 e. The highest BCUT2D eigenvalue weighted by Crippen LogP contribution is 2.22. The molecule has 2 aromatic carbocycles. The van der Waals surface area contributed by atoms with Gasteiger partial charge in [-0.15, -0.1) is 0 Å². The fraction of sp³-hybridized carbons (Fsp3) is 0.133. The second-order valence-corrected chi connectivity index (χ2v) is 4.99. The maximum atomic E-state index is 13.6. The number of ether oxygens (including phenoxy) is 2. The number of hydrogen-bond acceptors (Lipinski definition) is 3. The quantitative estimate of drug-likeness (QED) is 0.802. The third kappa shape index (κ3) is 4.19. The van der Waals surface area contributed by atoms with Gasteiger partial charge in [-0.25, -0.2) is 9.18 Å². The lowest BCUT2D eigenvalue weighted by molar-refractivity contribution is 0.0690. The first-order valence-corrected chi connectivity index (χ1v) is 6.90. The molecule has 1 N–H and O–H groups in total. The minimum Gasteiger partial charge on any atom is -0.490 e. The van der Waals surface area contributed by atoms with Gasteiger partial charge in [0.25, 0.3) is 0 Å². The smallest absolute Gasteiger partial charge is 0.339 e. The number of hydrogen-bond donors (Lipinski definition) is 1. The summed E-state index contributed by atoms with van der Waals surface area (Å²) in [6, 6.07) is 11.0. The van der Waals surface area contributed by atoms with Crippen molar-refractivity contribution in [1.29, 1.82) is 0 Å². The lowest BCUT2D eigenvalue weighted by Crippen LogP contribution is -2.12. The van der Waals surface area contributed by atoms with Crippen molar-refractivity contribution >= 4 is 21.9 Å². The highest BCUT2D eigenvalue weighted by atomic mass is 79.9. The molecular formula is C15H12BrFO4. The number of carboxylic acid groups (broad SMARTS) is 1. The van der Waals surface area contributed by atoms with E-state index >= 15 is 0 Å². The number of carboxylic acids is 1. The second-order valence-electron chi connectivity index (χ2n) is 4.07. The van der Waals surface area contributed by atoms with Crippen molar-refractivity contribution in [1.82, 2.24) is 0 Å². The van der Waals surface area contributed by atoms with Gasteiger partial charge < -0.3 is 14.6 Å². The summed E-state index contributed by atoms with van der Waals surface area (Å²) in [6.45, 7) is 0.215. The third-order valence-electron chi connectivity index (χ3n) is 2.61. The molecular weight excluding hydrogens is 343 g/mol. The molecule has 6 heteroatoms. The summed E-state index contributed by atoms with van der Waals surface area (Å²) in [5.74, 6) is -1.57. The molecule has 2 rings (SSSR count). The lowest BCUT2D eigenvalue weighted by atomic mass is 10.2. The Morgan fingerprint density at radius 3 is 2.43 bits per heavy atom. The van der Waals surface area contributed by atoms with E-state index in [9.17, 15) is 9.18 Å². The lowest BCUT2D eigenvalue weighted by Gasteiger charge is -2.11. The highest BCUT2D eigenvalue weighted by Gasteiger charge is 2.15. The summed E-state index contributed by atoms with van der Waals surface area (Å²) in [4.78, 5) is 11.0. The average molecular weight is 355 g/mol. The predicted molar refractivity (Wildman–Crippen MR) is 78.5 cm³/mol. The normalized spacial score (nSPS) is 10.2. The first kappa shape index (κ1) is 15.3. The van der Waals surface area contributed by atoms with Gasteiger partial charge in [0, 0.05) is 4.47 Å². The molecule has 0 unspecified atom stereocenters. The summed E-state index contributed by atoms with van der Waals surface area (Å²) >= 11 is 3.31. The molecule has 0 aliphatic carbocycles. The third-order valence-corrected chi connectivity index (χ3v) is 3.14. The van der Waals surface area contributed by atoms with Gasteiger partial charge in [0.1, 0.15) is 24.5 Å². The van der Waals surface area contributed by atoms with Gasteiger partial charge in [-0.2, -0.15) is 0 Å². The van der Waals surface area contributed by atoms with Gasteiger partial charge in [0.15, 0.2) is 11.6 Å². The molecule has 0 bridgehead atoms. The number of rotatable bonds is 6. The molecule has 0 fully saturated rings. The number of carbonyl (C=O) groups is 1. The zero-order valence-corrected chi connectivity index (χ0v) is 12.5. The zero-order chi connectivity index (χ0) is 15.2. The fourth-order valence-corrected chi connectivity index (χ4v) is 1.92. The van der Waals surface area contributed by atoms with E-state index in [0.717, 1.165) is 10.5 Å². The summed E-state index contributed by atoms with van der Waals surface area (Å²) in [5.41, 5.74) is -0.210. The molecule has 0 heterocycles. The maximum absolute atomic E-state index is 13.6. The minimum absolute atomic E-state index is 0.0390. The van der Waals surface area contributed by atoms with Crippen molar-refractivity contribution in [2.45, 2.75) is 0 Å². The Morgan fingerprint density at radius 2 is 1.76 bits per heavy atom. The van der Waals surface area contributed by atoms with Crippen molar-refractivity contribution in [2.24, 2.45) is 0 Å². The van der Waals surface area contributed by atoms with Crippen molar-refractivity contribution in [3.05, 3.63) is 58.3 Å². The Balaban J connectivity index is 1.92. The first-order valence-electron chi connectivity index (χ1n) is 6.11. The van der Waals surface area contributed by atoms with Gasteiger partial charge in [-0.05, 0) is 36.4 Å². The van der Waals surface area contributed by atoms with Crippen molar-refractivity contribution in [3.8, 4) is 11.5 Å². The van der Waals surface area contributed by atoms with Gasteiger partial charge in [0.05, 0.1) is 0 Å². The van der Waals surface area contributed by atoms with Crippen LogP contribution in [0.25, 0.3) is 0 Å². The number of benzene rings is 2. The van der Waals surface area contributed by atoms with Crippen molar-refractivity contribution in [2.75, 3.05) is 13.2 Å². The molecule has 0 saturated carbocycles. The second kappa shape index (κ2) is 7.08. The molecule has 4 nitrogen and oxygen atoms in total. The van der Waals surface area contributed by atoms with Crippen LogP contribution in [0.3, 0.4) is 0 Å². The summed E-state index contributed by atoms with van der Waals surface area (Å²) < 4.78 is 25.1. The number of para-hydroxylation sites is 1. The van der Waals surface area contributed by atoms with Crippen LogP contribution in [0.1, 0.15) is 10.4 Å². The van der Waals surface area contributed by atoms with Crippen LogP contribution < -0.4 is 9.47 Å². The highest BCUT2D eigenvalue weighted by molar-refractivity contribution is 9.10. The van der Waals surface area contributed by atoms with Crippen molar-refractivity contribution in [3.63, 3.8) is 0 Å². The van der Waals surface area contributed by atoms with E-state index in [-0.39, 0.29) is 24.5 Å². The van der Waals surface area contributed by atoms with Crippen molar-refractivity contribution < 1.29 is 23.8 Å². The molecule has 0 amide bonds. The van der Waals surface area contributed by atoms with E-state index in [4.69, 9.17) is 14.6 Å². The van der Waals surface area contributed by atoms with Crippen LogP contribution in [0.4, 0.5) is 4.39 Å². The molecule has 0 spiro atoms. The molecule has 0 atom stereocenters. The zero-order valence-electron chi connectivity index (χ0n) is 10.9. The summed E-state index contributed by atoms with van der Waals surface area (Å²) in [6.07, 6.45) is 0. The Morgan fingerprint density at radius 1 is 1.10 bits per heavy atom. The molecule has 0 aliphatic heterocycles. The molecule has 0 saturated heterocycles. The predicted octanol–water partition coefficient (Wildman–Crippen LogP) is 3.74. The van der Waals surface area contributed by atoms with Gasteiger partial charge in [0.2, 0.25) is 0 Å². The first-order chi connectivity index (χ1) is 10.1. The Hall–Kier alpha value is -2.08. The Bertz CT molecular complexity index is 628. The molecule has 0 radical (unpaired) electrons. The molecule has 110 valence electrons. The minimum atomic E-state index is -1.24. The van der Waals surface area contributed by atoms with Gasteiger partial charge in [-0.1, -0.05) is 22.0 Å². The van der Waals surface area contributed by atoms with Crippen LogP contribution in [0.15, 0.2) is 46.9 Å². The molecule has 2 aromatic rings. The standard InChI is InChI=1S/C15H12BrFO4/c16-10-4-6-11(7-5-10)20-8-9-21-14-12(15(18)19)2-1-3-13(14)17/h1-7H,8-9H2,(H,18,19). The van der Waals surface area contributed by atoms with Crippen LogP contribution in [-0.2, 0) is 0 Å². The summed E-state index contributed by atoms with van der Waals surface area (Å²) in [7, 11) is 0. The SMILES string of the molecule is O=C(O)c1cccc(F)c1OCCOc1ccc(Br)cc1. The summed E-state index contributed by atoms with van der Waals surface area (Å²) in [5, 5.41) is 8.97. The fourth-order valence-electron chi connectivity index (χ4n) is 1.66. The van der Waals surface area contributed by atoms with E-state index in [0.29, 0.717) is 5.75 Å². The van der Waals surface area contributed by atoms with E-state index in [1.807, 2.05) is 12.1 Å². The monoisotopic (exact) mass is 354 g/mol. The van der Waals surface area contributed by atoms with Crippen LogP contribution in [-0.4, -0.2) is 24.3 Å². The van der Waals surface area contributed by atoms with E-state index in [1.165, 1.54) is 12.1 Å². The Kier molecular flexibility index (Phi) is 5.16. The van der Waals surface area contributed by atoms with E-state index in [1.54, 1.807) is 12.1 Å². The number of aromatic carboxylic acids is 1. The van der Waals surface area contributed by atoms with Gasteiger partial charge >= 0.3 is 5.97 Å². The maximum Gasteiger partial charge on any atom is 0.339 e. The van der Waals surface area contributed by atoms with Gasteiger partial charge in [-0.3, -0.25) is 0 Å². The van der Waals surface area contributed by atoms with E-state index < -0.39 is 11.8 Å². The van der Waals surface area contributed by atoms with Crippen LogP contribution in [0.2, 0.25) is 0 Å². The average Bonchev–Trinajstić information content (AvgIpc) is 2.46. The molecule has 0 aliphatic rings.